The van der Waals surface area contributed by atoms with E-state index in [4.69, 9.17) is 16.3 Å². The smallest absolute Gasteiger partial charge is 0.143 e. The summed E-state index contributed by atoms with van der Waals surface area (Å²) in [5, 5.41) is 4.21. The monoisotopic (exact) mass is 342 g/mol. The first-order valence-corrected chi connectivity index (χ1v) is 9.09. The maximum Gasteiger partial charge on any atom is 0.143 e. The highest BCUT2D eigenvalue weighted by atomic mass is 35.5. The van der Waals surface area contributed by atoms with Crippen LogP contribution in [0.1, 0.15) is 24.8 Å². The Bertz CT molecular complexity index is 696. The van der Waals surface area contributed by atoms with Crippen LogP contribution in [-0.2, 0) is 6.54 Å². The third-order valence-corrected chi connectivity index (χ3v) is 5.42. The number of hydrogen-bond donors (Lipinski definition) is 1. The number of piperidine rings is 1. The van der Waals surface area contributed by atoms with Crippen LogP contribution in [0.2, 0.25) is 5.02 Å². The molecule has 0 aromatic heterocycles. The zero-order valence-corrected chi connectivity index (χ0v) is 14.6. The molecule has 0 aliphatic carbocycles. The van der Waals surface area contributed by atoms with Crippen molar-refractivity contribution in [2.75, 3.05) is 25.0 Å². The van der Waals surface area contributed by atoms with Crippen LogP contribution in [0.5, 0.6) is 5.75 Å². The lowest BCUT2D eigenvalue weighted by Gasteiger charge is -2.41. The summed E-state index contributed by atoms with van der Waals surface area (Å²) in [5.41, 5.74) is 2.36. The van der Waals surface area contributed by atoms with Crippen LogP contribution in [0.3, 0.4) is 0 Å². The fourth-order valence-corrected chi connectivity index (χ4v) is 3.92. The van der Waals surface area contributed by atoms with Gasteiger partial charge in [0.15, 0.2) is 0 Å². The molecule has 1 fully saturated rings. The molecular weight excluding hydrogens is 320 g/mol. The first-order valence-electron chi connectivity index (χ1n) is 8.71. The Morgan fingerprint density at radius 1 is 1.04 bits per heavy atom. The SMILES string of the molecule is Clc1ccc2c(c1)NCCC1(CCN(Cc3ccccc3)CC1)O2. The Hall–Kier alpha value is -1.71. The van der Waals surface area contributed by atoms with Gasteiger partial charge in [-0.1, -0.05) is 41.9 Å². The number of likely N-dealkylation sites (tertiary alicyclic amines) is 1. The summed E-state index contributed by atoms with van der Waals surface area (Å²) >= 11 is 6.10. The van der Waals surface area contributed by atoms with E-state index in [2.05, 4.69) is 40.5 Å². The maximum absolute atomic E-state index is 6.49. The van der Waals surface area contributed by atoms with Crippen molar-refractivity contribution in [2.24, 2.45) is 0 Å². The minimum Gasteiger partial charge on any atom is -0.485 e. The van der Waals surface area contributed by atoms with Gasteiger partial charge in [0.2, 0.25) is 0 Å². The maximum atomic E-state index is 6.49. The van der Waals surface area contributed by atoms with Crippen LogP contribution in [0.25, 0.3) is 0 Å². The van der Waals surface area contributed by atoms with E-state index in [-0.39, 0.29) is 5.60 Å². The molecule has 2 aromatic rings. The summed E-state index contributed by atoms with van der Waals surface area (Å²) < 4.78 is 6.49. The molecule has 1 N–H and O–H groups in total. The number of hydrogen-bond acceptors (Lipinski definition) is 3. The molecule has 24 heavy (non-hydrogen) atoms. The van der Waals surface area contributed by atoms with Gasteiger partial charge in [0, 0.05) is 37.6 Å². The van der Waals surface area contributed by atoms with Crippen LogP contribution in [0.4, 0.5) is 5.69 Å². The van der Waals surface area contributed by atoms with Gasteiger partial charge in [-0.2, -0.15) is 0 Å². The van der Waals surface area contributed by atoms with Gasteiger partial charge in [-0.25, -0.2) is 0 Å². The Kier molecular flexibility index (Phi) is 4.38. The second kappa shape index (κ2) is 6.66. The first-order chi connectivity index (χ1) is 11.7. The molecule has 3 nitrogen and oxygen atoms in total. The van der Waals surface area contributed by atoms with Crippen molar-refractivity contribution in [3.63, 3.8) is 0 Å². The highest BCUT2D eigenvalue weighted by Crippen LogP contribution is 2.39. The third-order valence-electron chi connectivity index (χ3n) is 5.18. The van der Waals surface area contributed by atoms with Crippen LogP contribution >= 0.6 is 11.6 Å². The van der Waals surface area contributed by atoms with E-state index in [1.54, 1.807) is 0 Å². The number of nitrogens with zero attached hydrogens (tertiary/aromatic N) is 1. The number of rotatable bonds is 2. The van der Waals surface area contributed by atoms with Gasteiger partial charge < -0.3 is 10.1 Å². The molecule has 2 aromatic carbocycles. The van der Waals surface area contributed by atoms with E-state index in [9.17, 15) is 0 Å². The molecular formula is C20H23ClN2O. The summed E-state index contributed by atoms with van der Waals surface area (Å²) in [6.07, 6.45) is 3.19. The molecule has 1 saturated heterocycles. The molecule has 0 amide bonds. The van der Waals surface area contributed by atoms with Gasteiger partial charge in [0.1, 0.15) is 11.4 Å². The van der Waals surface area contributed by atoms with E-state index in [0.717, 1.165) is 61.9 Å². The zero-order valence-electron chi connectivity index (χ0n) is 13.8. The standard InChI is InChI=1S/C20H23ClN2O/c21-17-6-7-19-18(14-17)22-11-8-20(24-19)9-12-23(13-10-20)15-16-4-2-1-3-5-16/h1-7,14,22H,8-13,15H2. The van der Waals surface area contributed by atoms with E-state index in [0.29, 0.717) is 0 Å². The van der Waals surface area contributed by atoms with E-state index in [1.807, 2.05) is 18.2 Å². The molecule has 0 saturated carbocycles. The Balaban J connectivity index is 1.43. The van der Waals surface area contributed by atoms with Crippen LogP contribution in [0.15, 0.2) is 48.5 Å². The topological polar surface area (TPSA) is 24.5 Å². The Morgan fingerprint density at radius 3 is 2.62 bits per heavy atom. The molecule has 4 rings (SSSR count). The fourth-order valence-electron chi connectivity index (χ4n) is 3.75. The van der Waals surface area contributed by atoms with Crippen molar-refractivity contribution >= 4 is 17.3 Å². The second-order valence-electron chi connectivity index (χ2n) is 6.86. The molecule has 4 heteroatoms. The lowest BCUT2D eigenvalue weighted by atomic mass is 9.87. The highest BCUT2D eigenvalue weighted by Gasteiger charge is 2.38. The summed E-state index contributed by atoms with van der Waals surface area (Å²) in [7, 11) is 0. The van der Waals surface area contributed by atoms with Gasteiger partial charge in [0.05, 0.1) is 5.69 Å². The lowest BCUT2D eigenvalue weighted by Crippen LogP contribution is -2.48. The summed E-state index contributed by atoms with van der Waals surface area (Å²) in [6, 6.07) is 16.6. The first kappa shape index (κ1) is 15.8. The van der Waals surface area contributed by atoms with Gasteiger partial charge in [-0.15, -0.1) is 0 Å². The molecule has 126 valence electrons. The normalized spacial score (nSPS) is 19.9. The molecule has 0 radical (unpaired) electrons. The quantitative estimate of drug-likeness (QED) is 0.865. The number of fused-ring (bicyclic) bond motifs is 1. The van der Waals surface area contributed by atoms with Crippen molar-refractivity contribution in [1.29, 1.82) is 0 Å². The molecule has 2 aliphatic rings. The van der Waals surface area contributed by atoms with Crippen molar-refractivity contribution in [3.8, 4) is 5.75 Å². The number of anilines is 1. The Labute approximate surface area is 148 Å². The van der Waals surface area contributed by atoms with E-state index >= 15 is 0 Å². The fraction of sp³-hybridized carbons (Fsp3) is 0.400. The van der Waals surface area contributed by atoms with E-state index < -0.39 is 0 Å². The number of ether oxygens (including phenoxy) is 1. The van der Waals surface area contributed by atoms with Crippen LogP contribution in [-0.4, -0.2) is 30.1 Å². The highest BCUT2D eigenvalue weighted by molar-refractivity contribution is 6.30. The molecule has 2 heterocycles. The predicted molar refractivity (Wildman–Crippen MR) is 98.9 cm³/mol. The third kappa shape index (κ3) is 3.38. The average Bonchev–Trinajstić information content (AvgIpc) is 2.77. The lowest BCUT2D eigenvalue weighted by molar-refractivity contribution is -0.00185. The van der Waals surface area contributed by atoms with E-state index in [1.165, 1.54) is 5.56 Å². The minimum absolute atomic E-state index is 0.0424. The molecule has 2 aliphatic heterocycles. The number of nitrogens with one attached hydrogen (secondary N) is 1. The second-order valence-corrected chi connectivity index (χ2v) is 7.30. The number of halogens is 1. The van der Waals surface area contributed by atoms with Crippen LogP contribution in [0, 0.1) is 0 Å². The van der Waals surface area contributed by atoms with Crippen molar-refractivity contribution in [3.05, 3.63) is 59.1 Å². The van der Waals surface area contributed by atoms with Gasteiger partial charge in [0.25, 0.3) is 0 Å². The summed E-state index contributed by atoms with van der Waals surface area (Å²) in [4.78, 5) is 2.53. The Morgan fingerprint density at radius 2 is 1.83 bits per heavy atom. The minimum atomic E-state index is -0.0424. The van der Waals surface area contributed by atoms with Crippen LogP contribution < -0.4 is 10.1 Å². The summed E-state index contributed by atoms with van der Waals surface area (Å²) in [6.45, 7) is 4.13. The number of benzene rings is 2. The predicted octanol–water partition coefficient (Wildman–Crippen LogP) is 4.57. The summed E-state index contributed by atoms with van der Waals surface area (Å²) in [5.74, 6) is 0.938. The largest absolute Gasteiger partial charge is 0.485 e. The van der Waals surface area contributed by atoms with Crippen molar-refractivity contribution in [2.45, 2.75) is 31.4 Å². The van der Waals surface area contributed by atoms with Gasteiger partial charge in [-0.05, 0) is 36.6 Å². The molecule has 0 unspecified atom stereocenters. The van der Waals surface area contributed by atoms with Crippen molar-refractivity contribution in [1.82, 2.24) is 4.90 Å². The molecule has 1 spiro atoms. The molecule has 0 atom stereocenters. The average molecular weight is 343 g/mol. The van der Waals surface area contributed by atoms with Crippen molar-refractivity contribution < 1.29 is 4.74 Å². The van der Waals surface area contributed by atoms with Gasteiger partial charge in [-0.3, -0.25) is 4.90 Å². The van der Waals surface area contributed by atoms with Gasteiger partial charge >= 0.3 is 0 Å². The zero-order chi connectivity index (χ0) is 16.4. The molecule has 0 bridgehead atoms.